The molecule has 2 aromatic rings. The third-order valence-corrected chi connectivity index (χ3v) is 2.96. The molecule has 0 aromatic heterocycles. The number of halogens is 2. The van der Waals surface area contributed by atoms with Crippen molar-refractivity contribution in [2.75, 3.05) is 0 Å². The molecule has 0 atom stereocenters. The molecule has 4 nitrogen and oxygen atoms in total. The fourth-order valence-corrected chi connectivity index (χ4v) is 2.04. The highest BCUT2D eigenvalue weighted by Gasteiger charge is 2.11. The van der Waals surface area contributed by atoms with Gasteiger partial charge in [0.05, 0.1) is 4.92 Å². The zero-order valence-electron chi connectivity index (χ0n) is 10.6. The molecular formula is C14H14BrClN2O2. The minimum Gasteiger partial charge on any atom is -0.308 e. The molecule has 106 valence electrons. The second kappa shape index (κ2) is 7.99. The topological polar surface area (TPSA) is 55.2 Å². The van der Waals surface area contributed by atoms with Crippen molar-refractivity contribution in [3.8, 4) is 0 Å². The molecule has 0 aliphatic carbocycles. The van der Waals surface area contributed by atoms with Gasteiger partial charge in [0, 0.05) is 29.7 Å². The van der Waals surface area contributed by atoms with Crippen molar-refractivity contribution in [2.24, 2.45) is 0 Å². The molecule has 6 heteroatoms. The molecule has 2 aromatic carbocycles. The van der Waals surface area contributed by atoms with Gasteiger partial charge in [-0.3, -0.25) is 10.1 Å². The molecule has 1 N–H and O–H groups in total. The van der Waals surface area contributed by atoms with Gasteiger partial charge in [0.25, 0.3) is 5.69 Å². The Morgan fingerprint density at radius 1 is 1.10 bits per heavy atom. The van der Waals surface area contributed by atoms with E-state index in [0.717, 1.165) is 5.56 Å². The Morgan fingerprint density at radius 3 is 2.55 bits per heavy atom. The van der Waals surface area contributed by atoms with Crippen LogP contribution in [0.15, 0.2) is 48.5 Å². The van der Waals surface area contributed by atoms with Crippen molar-refractivity contribution < 1.29 is 4.92 Å². The molecule has 0 aliphatic rings. The minimum atomic E-state index is -0.365. The van der Waals surface area contributed by atoms with E-state index in [2.05, 4.69) is 5.32 Å². The Morgan fingerprint density at radius 2 is 1.85 bits per heavy atom. The summed E-state index contributed by atoms with van der Waals surface area (Å²) in [6.07, 6.45) is 0. The molecule has 0 unspecified atom stereocenters. The first-order valence-electron chi connectivity index (χ1n) is 5.84. The van der Waals surface area contributed by atoms with Crippen molar-refractivity contribution in [1.82, 2.24) is 5.32 Å². The molecule has 0 amide bonds. The summed E-state index contributed by atoms with van der Waals surface area (Å²) in [5.74, 6) is 0. The van der Waals surface area contributed by atoms with Gasteiger partial charge in [-0.25, -0.2) is 0 Å². The summed E-state index contributed by atoms with van der Waals surface area (Å²) in [5, 5.41) is 14.7. The predicted molar refractivity (Wildman–Crippen MR) is 85.4 cm³/mol. The maximum atomic E-state index is 10.9. The second-order valence-corrected chi connectivity index (χ2v) is 4.56. The Labute approximate surface area is 132 Å². The summed E-state index contributed by atoms with van der Waals surface area (Å²) < 4.78 is 0. The molecule has 20 heavy (non-hydrogen) atoms. The van der Waals surface area contributed by atoms with Gasteiger partial charge >= 0.3 is 0 Å². The number of rotatable bonds is 5. The fourth-order valence-electron chi connectivity index (χ4n) is 1.83. The molecule has 0 aliphatic heterocycles. The van der Waals surface area contributed by atoms with Crippen LogP contribution in [0.1, 0.15) is 11.1 Å². The van der Waals surface area contributed by atoms with Crippen LogP contribution >= 0.6 is 28.6 Å². The van der Waals surface area contributed by atoms with Crippen molar-refractivity contribution >= 4 is 34.3 Å². The van der Waals surface area contributed by atoms with Crippen molar-refractivity contribution in [2.45, 2.75) is 13.1 Å². The van der Waals surface area contributed by atoms with Gasteiger partial charge in [-0.1, -0.05) is 41.9 Å². The van der Waals surface area contributed by atoms with Crippen LogP contribution in [0.3, 0.4) is 0 Å². The maximum Gasteiger partial charge on any atom is 0.273 e. The van der Waals surface area contributed by atoms with Gasteiger partial charge < -0.3 is 5.32 Å². The summed E-state index contributed by atoms with van der Waals surface area (Å²) in [6, 6.07) is 14.2. The fraction of sp³-hybridized carbons (Fsp3) is 0.143. The van der Waals surface area contributed by atoms with Gasteiger partial charge in [0.1, 0.15) is 0 Å². The molecule has 0 saturated carbocycles. The number of hydrogen-bond acceptors (Lipinski definition) is 3. The number of para-hydroxylation sites is 1. The predicted octanol–water partition coefficient (Wildman–Crippen LogP) is 4.12. The molecule has 0 bridgehead atoms. The van der Waals surface area contributed by atoms with E-state index in [1.54, 1.807) is 18.2 Å². The summed E-state index contributed by atoms with van der Waals surface area (Å²) in [6.45, 7) is 1.07. The molecule has 0 saturated heterocycles. The molecule has 2 rings (SSSR count). The lowest BCUT2D eigenvalue weighted by Crippen LogP contribution is -2.13. The standard InChI is InChI=1S/C14H13ClN2O2.BrH/c15-13-6-3-4-11(8-13)9-16-10-12-5-1-2-7-14(12)17(18)19;/h1-8,16H,9-10H2;1H. The van der Waals surface area contributed by atoms with E-state index >= 15 is 0 Å². The molecule has 0 fully saturated rings. The third-order valence-electron chi connectivity index (χ3n) is 2.72. The van der Waals surface area contributed by atoms with E-state index < -0.39 is 0 Å². The summed E-state index contributed by atoms with van der Waals surface area (Å²) >= 11 is 5.89. The van der Waals surface area contributed by atoms with E-state index in [9.17, 15) is 10.1 Å². The van der Waals surface area contributed by atoms with Gasteiger partial charge in [0.2, 0.25) is 0 Å². The average molecular weight is 358 g/mol. The zero-order chi connectivity index (χ0) is 13.7. The molecule has 0 radical (unpaired) electrons. The van der Waals surface area contributed by atoms with E-state index in [-0.39, 0.29) is 27.6 Å². The highest BCUT2D eigenvalue weighted by Crippen LogP contribution is 2.17. The maximum absolute atomic E-state index is 10.9. The van der Waals surface area contributed by atoms with Crippen LogP contribution in [-0.2, 0) is 13.1 Å². The SMILES string of the molecule is Br.O=[N+]([O-])c1ccccc1CNCc1cccc(Cl)c1. The molecule has 0 heterocycles. The summed E-state index contributed by atoms with van der Waals surface area (Å²) in [7, 11) is 0. The third kappa shape index (κ3) is 4.59. The number of hydrogen-bond donors (Lipinski definition) is 1. The molecule has 0 spiro atoms. The van der Waals surface area contributed by atoms with Crippen LogP contribution in [0.25, 0.3) is 0 Å². The first-order valence-corrected chi connectivity index (χ1v) is 6.22. The smallest absolute Gasteiger partial charge is 0.273 e. The number of nitrogens with zero attached hydrogens (tertiary/aromatic N) is 1. The Bertz CT molecular complexity index is 593. The van der Waals surface area contributed by atoms with Crippen LogP contribution in [0, 0.1) is 10.1 Å². The summed E-state index contributed by atoms with van der Waals surface area (Å²) in [5.41, 5.74) is 1.86. The lowest BCUT2D eigenvalue weighted by atomic mass is 10.1. The lowest BCUT2D eigenvalue weighted by Gasteiger charge is -2.06. The van der Waals surface area contributed by atoms with E-state index in [0.29, 0.717) is 23.7 Å². The van der Waals surface area contributed by atoms with Crippen LogP contribution in [0.4, 0.5) is 5.69 Å². The zero-order valence-corrected chi connectivity index (χ0v) is 13.1. The number of benzene rings is 2. The first-order chi connectivity index (χ1) is 9.16. The quantitative estimate of drug-likeness (QED) is 0.647. The lowest BCUT2D eigenvalue weighted by molar-refractivity contribution is -0.385. The normalized spacial score (nSPS) is 9.85. The molecular weight excluding hydrogens is 344 g/mol. The van der Waals surface area contributed by atoms with E-state index in [1.807, 2.05) is 24.3 Å². The van der Waals surface area contributed by atoms with E-state index in [1.165, 1.54) is 6.07 Å². The highest BCUT2D eigenvalue weighted by molar-refractivity contribution is 8.93. The Balaban J connectivity index is 0.00000200. The van der Waals surface area contributed by atoms with Crippen molar-refractivity contribution in [3.63, 3.8) is 0 Å². The van der Waals surface area contributed by atoms with Gasteiger partial charge in [-0.15, -0.1) is 17.0 Å². The number of nitrogens with one attached hydrogen (secondary N) is 1. The van der Waals surface area contributed by atoms with Crippen molar-refractivity contribution in [3.05, 3.63) is 74.8 Å². The van der Waals surface area contributed by atoms with Gasteiger partial charge in [0.15, 0.2) is 0 Å². The second-order valence-electron chi connectivity index (χ2n) is 4.12. The van der Waals surface area contributed by atoms with Crippen molar-refractivity contribution in [1.29, 1.82) is 0 Å². The number of nitro benzene ring substituents is 1. The monoisotopic (exact) mass is 356 g/mol. The van der Waals surface area contributed by atoms with Crippen LogP contribution in [0.5, 0.6) is 0 Å². The largest absolute Gasteiger partial charge is 0.308 e. The summed E-state index contributed by atoms with van der Waals surface area (Å²) in [4.78, 5) is 10.5. The van der Waals surface area contributed by atoms with Crippen LogP contribution < -0.4 is 5.32 Å². The number of nitro groups is 1. The highest BCUT2D eigenvalue weighted by atomic mass is 79.9. The first kappa shape index (κ1) is 16.6. The van der Waals surface area contributed by atoms with Crippen LogP contribution in [-0.4, -0.2) is 4.92 Å². The van der Waals surface area contributed by atoms with Crippen LogP contribution in [0.2, 0.25) is 5.02 Å². The minimum absolute atomic E-state index is 0. The van der Waals surface area contributed by atoms with E-state index in [4.69, 9.17) is 11.6 Å². The van der Waals surface area contributed by atoms with Gasteiger partial charge in [-0.2, -0.15) is 0 Å². The average Bonchev–Trinajstić information content (AvgIpc) is 2.39. The van der Waals surface area contributed by atoms with Gasteiger partial charge in [-0.05, 0) is 17.7 Å². The Hall–Kier alpha value is -1.43. The Kier molecular flexibility index (Phi) is 6.64.